The summed E-state index contributed by atoms with van der Waals surface area (Å²) in [5.74, 6) is -0.214. The maximum absolute atomic E-state index is 12.8. The van der Waals surface area contributed by atoms with E-state index in [1.165, 1.54) is 0 Å². The number of nitrogens with one attached hydrogen (secondary N) is 1. The number of anilines is 1. The van der Waals surface area contributed by atoms with Crippen molar-refractivity contribution in [1.29, 1.82) is 0 Å². The molecule has 1 aliphatic heterocycles. The average Bonchev–Trinajstić information content (AvgIpc) is 2.98. The van der Waals surface area contributed by atoms with Crippen molar-refractivity contribution in [2.24, 2.45) is 0 Å². The molecule has 0 unspecified atom stereocenters. The fraction of sp³-hybridized carbons (Fsp3) is 0.435. The Kier molecular flexibility index (Phi) is 6.44. The zero-order valence-corrected chi connectivity index (χ0v) is 18.3. The lowest BCUT2D eigenvalue weighted by Gasteiger charge is -2.20. The van der Waals surface area contributed by atoms with Gasteiger partial charge in [-0.05, 0) is 60.2 Å². The van der Waals surface area contributed by atoms with Crippen LogP contribution in [0.5, 0.6) is 0 Å². The van der Waals surface area contributed by atoms with Gasteiger partial charge in [0.05, 0.1) is 4.90 Å². The number of rotatable bonds is 4. The summed E-state index contributed by atoms with van der Waals surface area (Å²) in [6, 6.07) is 14.0. The van der Waals surface area contributed by atoms with Crippen LogP contribution in [0.15, 0.2) is 53.4 Å². The van der Waals surface area contributed by atoms with Gasteiger partial charge in [0.15, 0.2) is 0 Å². The highest BCUT2D eigenvalue weighted by Crippen LogP contribution is 2.24. The van der Waals surface area contributed by atoms with Crippen LogP contribution >= 0.6 is 0 Å². The lowest BCUT2D eigenvalue weighted by molar-refractivity contribution is 0.102. The van der Waals surface area contributed by atoms with Gasteiger partial charge in [0.1, 0.15) is 0 Å². The van der Waals surface area contributed by atoms with E-state index in [1.807, 2.05) is 24.3 Å². The molecule has 0 atom stereocenters. The highest BCUT2D eigenvalue weighted by Gasteiger charge is 2.25. The highest BCUT2D eigenvalue weighted by atomic mass is 32.2. The predicted molar refractivity (Wildman–Crippen MR) is 117 cm³/mol. The minimum atomic E-state index is -3.48. The SMILES string of the molecule is CC(C)(C)c1ccc(C(=O)Nc2ccc(S(=O)(=O)N3CCCCCC3)cc2)cc1. The quantitative estimate of drug-likeness (QED) is 0.781. The zero-order valence-electron chi connectivity index (χ0n) is 17.4. The largest absolute Gasteiger partial charge is 0.322 e. The van der Waals surface area contributed by atoms with Gasteiger partial charge in [-0.1, -0.05) is 45.7 Å². The number of carbonyl (C=O) groups excluding carboxylic acids is 1. The van der Waals surface area contributed by atoms with Crippen molar-refractivity contribution in [3.8, 4) is 0 Å². The van der Waals surface area contributed by atoms with E-state index in [-0.39, 0.29) is 16.2 Å². The van der Waals surface area contributed by atoms with E-state index in [4.69, 9.17) is 0 Å². The Bertz CT molecular complexity index is 935. The fourth-order valence-corrected chi connectivity index (χ4v) is 4.98. The highest BCUT2D eigenvalue weighted by molar-refractivity contribution is 7.89. The van der Waals surface area contributed by atoms with Crippen LogP contribution in [-0.4, -0.2) is 31.7 Å². The van der Waals surface area contributed by atoms with Gasteiger partial charge in [-0.25, -0.2) is 8.42 Å². The van der Waals surface area contributed by atoms with Crippen molar-refractivity contribution < 1.29 is 13.2 Å². The van der Waals surface area contributed by atoms with Crippen LogP contribution in [-0.2, 0) is 15.4 Å². The molecule has 6 heteroatoms. The van der Waals surface area contributed by atoms with Crippen LogP contribution in [0, 0.1) is 0 Å². The van der Waals surface area contributed by atoms with Crippen molar-refractivity contribution in [3.05, 3.63) is 59.7 Å². The molecule has 0 aliphatic carbocycles. The number of benzene rings is 2. The average molecular weight is 415 g/mol. The predicted octanol–water partition coefficient (Wildman–Crippen LogP) is 4.80. The molecule has 1 amide bonds. The van der Waals surface area contributed by atoms with E-state index < -0.39 is 10.0 Å². The molecule has 1 N–H and O–H groups in total. The van der Waals surface area contributed by atoms with Gasteiger partial charge in [-0.2, -0.15) is 4.31 Å². The number of sulfonamides is 1. The van der Waals surface area contributed by atoms with Gasteiger partial charge in [0.2, 0.25) is 10.0 Å². The van der Waals surface area contributed by atoms with E-state index in [2.05, 4.69) is 26.1 Å². The maximum Gasteiger partial charge on any atom is 0.255 e. The monoisotopic (exact) mass is 414 g/mol. The Morgan fingerprint density at radius 1 is 0.862 bits per heavy atom. The first-order valence-corrected chi connectivity index (χ1v) is 11.6. The maximum atomic E-state index is 12.8. The van der Waals surface area contributed by atoms with Gasteiger partial charge in [0.25, 0.3) is 5.91 Å². The molecule has 1 aliphatic rings. The second-order valence-electron chi connectivity index (χ2n) is 8.62. The summed E-state index contributed by atoms with van der Waals surface area (Å²) in [5, 5.41) is 2.84. The van der Waals surface area contributed by atoms with Crippen molar-refractivity contribution in [2.75, 3.05) is 18.4 Å². The second-order valence-corrected chi connectivity index (χ2v) is 10.6. The van der Waals surface area contributed by atoms with Crippen molar-refractivity contribution in [2.45, 2.75) is 56.8 Å². The van der Waals surface area contributed by atoms with Crippen molar-refractivity contribution in [1.82, 2.24) is 4.31 Å². The summed E-state index contributed by atoms with van der Waals surface area (Å²) in [4.78, 5) is 12.8. The molecule has 0 saturated carbocycles. The third kappa shape index (κ3) is 5.25. The van der Waals surface area contributed by atoms with Crippen molar-refractivity contribution >= 4 is 21.6 Å². The van der Waals surface area contributed by atoms with Crippen LogP contribution in [0.4, 0.5) is 5.69 Å². The molecule has 0 spiro atoms. The molecule has 5 nitrogen and oxygen atoms in total. The molecule has 29 heavy (non-hydrogen) atoms. The molecule has 1 saturated heterocycles. The first-order valence-electron chi connectivity index (χ1n) is 10.2. The Morgan fingerprint density at radius 2 is 1.41 bits per heavy atom. The summed E-state index contributed by atoms with van der Waals surface area (Å²) < 4.78 is 27.3. The van der Waals surface area contributed by atoms with Gasteiger partial charge in [-0.15, -0.1) is 0 Å². The third-order valence-corrected chi connectivity index (χ3v) is 7.24. The van der Waals surface area contributed by atoms with Crippen LogP contribution in [0.1, 0.15) is 62.4 Å². The molecular weight excluding hydrogens is 384 g/mol. The smallest absolute Gasteiger partial charge is 0.255 e. The Labute approximate surface area is 174 Å². The molecule has 156 valence electrons. The summed E-state index contributed by atoms with van der Waals surface area (Å²) in [7, 11) is -3.48. The summed E-state index contributed by atoms with van der Waals surface area (Å²) in [6.07, 6.45) is 3.96. The topological polar surface area (TPSA) is 66.5 Å². The Balaban J connectivity index is 1.69. The molecule has 0 aromatic heterocycles. The molecule has 0 radical (unpaired) electrons. The second kappa shape index (κ2) is 8.67. The Morgan fingerprint density at radius 3 is 1.93 bits per heavy atom. The van der Waals surface area contributed by atoms with Gasteiger partial charge >= 0.3 is 0 Å². The standard InChI is InChI=1S/C23H30N2O3S/c1-23(2,3)19-10-8-18(9-11-19)22(26)24-20-12-14-21(15-13-20)29(27,28)25-16-6-4-5-7-17-25/h8-15H,4-7,16-17H2,1-3H3,(H,24,26). The van der Waals surface area contributed by atoms with E-state index in [9.17, 15) is 13.2 Å². The minimum Gasteiger partial charge on any atom is -0.322 e. The number of carbonyl (C=O) groups is 1. The molecule has 1 fully saturated rings. The summed E-state index contributed by atoms with van der Waals surface area (Å²) >= 11 is 0. The van der Waals surface area contributed by atoms with Crippen LogP contribution in [0.25, 0.3) is 0 Å². The summed E-state index contributed by atoms with van der Waals surface area (Å²) in [5.41, 5.74) is 2.34. The van der Waals surface area contributed by atoms with Crippen LogP contribution in [0.2, 0.25) is 0 Å². The zero-order chi connectivity index (χ0) is 21.1. The van der Waals surface area contributed by atoms with Gasteiger partial charge in [-0.3, -0.25) is 4.79 Å². The van der Waals surface area contributed by atoms with Crippen LogP contribution < -0.4 is 5.32 Å². The first-order chi connectivity index (χ1) is 13.7. The third-order valence-electron chi connectivity index (χ3n) is 5.33. The number of hydrogen-bond donors (Lipinski definition) is 1. The normalized spacial score (nSPS) is 16.2. The van der Waals surface area contributed by atoms with Crippen molar-refractivity contribution in [3.63, 3.8) is 0 Å². The molecule has 2 aromatic carbocycles. The summed E-state index contributed by atoms with van der Waals surface area (Å²) in [6.45, 7) is 7.53. The molecule has 0 bridgehead atoms. The van der Waals surface area contributed by atoms with E-state index >= 15 is 0 Å². The molecule has 1 heterocycles. The van der Waals surface area contributed by atoms with E-state index in [0.717, 1.165) is 31.2 Å². The number of hydrogen-bond acceptors (Lipinski definition) is 3. The number of nitrogens with zero attached hydrogens (tertiary/aromatic N) is 1. The lowest BCUT2D eigenvalue weighted by Crippen LogP contribution is -2.31. The number of amides is 1. The lowest BCUT2D eigenvalue weighted by atomic mass is 9.87. The molecule has 2 aromatic rings. The van der Waals surface area contributed by atoms with Gasteiger partial charge in [0, 0.05) is 24.3 Å². The van der Waals surface area contributed by atoms with Crippen LogP contribution in [0.3, 0.4) is 0 Å². The Hall–Kier alpha value is -2.18. The molecule has 3 rings (SSSR count). The first kappa shape index (κ1) is 21.5. The van der Waals surface area contributed by atoms with Gasteiger partial charge < -0.3 is 5.32 Å². The molecular formula is C23H30N2O3S. The minimum absolute atomic E-state index is 0.0314. The van der Waals surface area contributed by atoms with E-state index in [0.29, 0.717) is 24.3 Å². The van der Waals surface area contributed by atoms with E-state index in [1.54, 1.807) is 28.6 Å². The fourth-order valence-electron chi connectivity index (χ4n) is 3.47.